The van der Waals surface area contributed by atoms with E-state index in [-0.39, 0.29) is 6.54 Å². The van der Waals surface area contributed by atoms with Crippen molar-refractivity contribution in [3.8, 4) is 17.1 Å². The molecule has 3 heterocycles. The van der Waals surface area contributed by atoms with Crippen LogP contribution in [0.1, 0.15) is 32.3 Å². The third-order valence-electron chi connectivity index (χ3n) is 6.58. The van der Waals surface area contributed by atoms with Gasteiger partial charge in [0.2, 0.25) is 5.95 Å². The Hall–Kier alpha value is -3.01. The molecule has 4 aromatic rings. The maximum atomic E-state index is 13.6. The Morgan fingerprint density at radius 2 is 1.92 bits per heavy atom. The second-order valence-electron chi connectivity index (χ2n) is 10.2. The first kappa shape index (κ1) is 27.6. The first-order valence-electron chi connectivity index (χ1n) is 13.0. The monoisotopic (exact) mass is 574 g/mol. The molecule has 5 rings (SSSR count). The van der Waals surface area contributed by atoms with E-state index in [1.54, 1.807) is 18.3 Å². The number of imidazole rings is 1. The van der Waals surface area contributed by atoms with E-state index in [0.717, 1.165) is 38.1 Å². The fourth-order valence-corrected chi connectivity index (χ4v) is 5.28. The zero-order valence-electron chi connectivity index (χ0n) is 21.8. The summed E-state index contributed by atoms with van der Waals surface area (Å²) in [4.78, 5) is 14.0. The molecule has 0 spiro atoms. The Morgan fingerprint density at radius 1 is 1.13 bits per heavy atom. The largest absolute Gasteiger partial charge is 0.493 e. The summed E-state index contributed by atoms with van der Waals surface area (Å²) >= 11 is 13.5. The number of benzene rings is 2. The molecule has 0 unspecified atom stereocenters. The zero-order valence-corrected chi connectivity index (χ0v) is 23.3. The van der Waals surface area contributed by atoms with Crippen molar-refractivity contribution < 1.29 is 13.5 Å². The summed E-state index contributed by atoms with van der Waals surface area (Å²) in [5.74, 6) is 0.494. The fraction of sp³-hybridized carbons (Fsp3) is 0.393. The molecule has 0 amide bonds. The van der Waals surface area contributed by atoms with E-state index in [1.165, 1.54) is 6.07 Å². The smallest absolute Gasteiger partial charge is 0.225 e. The van der Waals surface area contributed by atoms with Gasteiger partial charge in [0.05, 0.1) is 28.4 Å². The van der Waals surface area contributed by atoms with Crippen molar-refractivity contribution in [3.05, 3.63) is 63.8 Å². The average Bonchev–Trinajstić information content (AvgIpc) is 3.25. The molecule has 2 N–H and O–H groups in total. The minimum absolute atomic E-state index is 0.228. The summed E-state index contributed by atoms with van der Waals surface area (Å²) in [7, 11) is 0. The molecule has 0 radical (unpaired) electrons. The third-order valence-corrected chi connectivity index (χ3v) is 7.18. The average molecular weight is 575 g/mol. The topological polar surface area (TPSA) is 76.9 Å². The van der Waals surface area contributed by atoms with Crippen molar-refractivity contribution in [2.45, 2.75) is 39.8 Å². The second kappa shape index (κ2) is 12.0. The summed E-state index contributed by atoms with van der Waals surface area (Å²) in [5, 5.41) is 7.43. The molecule has 0 saturated carbocycles. The van der Waals surface area contributed by atoms with Crippen LogP contribution in [-0.4, -0.2) is 39.2 Å². The number of anilines is 1. The maximum absolute atomic E-state index is 13.6. The van der Waals surface area contributed by atoms with Gasteiger partial charge in [-0.1, -0.05) is 43.1 Å². The molecule has 1 atom stereocenters. The number of fused-ring (bicyclic) bond motifs is 1. The van der Waals surface area contributed by atoms with Gasteiger partial charge < -0.3 is 19.9 Å². The van der Waals surface area contributed by atoms with Crippen molar-refractivity contribution in [3.63, 3.8) is 0 Å². The van der Waals surface area contributed by atoms with E-state index in [2.05, 4.69) is 29.5 Å². The Kier molecular flexibility index (Phi) is 8.49. The van der Waals surface area contributed by atoms with Gasteiger partial charge in [-0.15, -0.1) is 0 Å². The normalized spacial score (nSPS) is 15.7. The van der Waals surface area contributed by atoms with Crippen molar-refractivity contribution in [1.29, 1.82) is 0 Å². The summed E-state index contributed by atoms with van der Waals surface area (Å²) in [5.41, 5.74) is 2.40. The van der Waals surface area contributed by atoms with E-state index in [1.807, 2.05) is 4.57 Å². The Bertz CT molecular complexity index is 1450. The predicted molar refractivity (Wildman–Crippen MR) is 150 cm³/mol. The number of piperidine rings is 1. The number of aromatic nitrogens is 4. The van der Waals surface area contributed by atoms with E-state index in [4.69, 9.17) is 37.9 Å². The van der Waals surface area contributed by atoms with Crippen molar-refractivity contribution in [1.82, 2.24) is 24.8 Å². The molecule has 0 aliphatic carbocycles. The molecule has 7 nitrogen and oxygen atoms in total. The maximum Gasteiger partial charge on any atom is 0.225 e. The van der Waals surface area contributed by atoms with Crippen LogP contribution in [0.3, 0.4) is 0 Å². The number of rotatable bonds is 9. The molecule has 1 saturated heterocycles. The van der Waals surface area contributed by atoms with Crippen LogP contribution >= 0.6 is 23.2 Å². The quantitative estimate of drug-likeness (QED) is 0.231. The SMILES string of the molecule is CC(C)COc1cc(Cl)c(-c2nc3cnc(NCc4ccc(F)c(F)c4)nc3n2C[C@@H]2CCCNC2)c(Cl)c1. The zero-order chi connectivity index (χ0) is 27.5. The first-order valence-corrected chi connectivity index (χ1v) is 13.8. The van der Waals surface area contributed by atoms with Gasteiger partial charge in [0.25, 0.3) is 0 Å². The van der Waals surface area contributed by atoms with Crippen LogP contribution < -0.4 is 15.4 Å². The summed E-state index contributed by atoms with van der Waals surface area (Å²) in [6.07, 6.45) is 3.80. The molecular formula is C28H30Cl2F2N6O. The van der Waals surface area contributed by atoms with Crippen LogP contribution in [0, 0.1) is 23.5 Å². The lowest BCUT2D eigenvalue weighted by Gasteiger charge is -2.24. The predicted octanol–water partition coefficient (Wildman–Crippen LogP) is 6.72. The molecule has 0 bridgehead atoms. The van der Waals surface area contributed by atoms with Crippen LogP contribution in [0.25, 0.3) is 22.6 Å². The molecular weight excluding hydrogens is 545 g/mol. The molecule has 206 valence electrons. The van der Waals surface area contributed by atoms with Crippen LogP contribution in [-0.2, 0) is 13.1 Å². The Morgan fingerprint density at radius 3 is 2.62 bits per heavy atom. The van der Waals surface area contributed by atoms with Gasteiger partial charge in [-0.3, -0.25) is 0 Å². The van der Waals surface area contributed by atoms with E-state index < -0.39 is 11.6 Å². The van der Waals surface area contributed by atoms with Gasteiger partial charge in [-0.2, -0.15) is 4.98 Å². The molecule has 2 aromatic heterocycles. The van der Waals surface area contributed by atoms with Crippen LogP contribution in [0.4, 0.5) is 14.7 Å². The molecule has 11 heteroatoms. The van der Waals surface area contributed by atoms with Crippen molar-refractivity contribution in [2.75, 3.05) is 25.0 Å². The van der Waals surface area contributed by atoms with E-state index >= 15 is 0 Å². The lowest BCUT2D eigenvalue weighted by atomic mass is 9.99. The number of hydrogen-bond acceptors (Lipinski definition) is 6. The van der Waals surface area contributed by atoms with E-state index in [9.17, 15) is 8.78 Å². The van der Waals surface area contributed by atoms with Crippen LogP contribution in [0.2, 0.25) is 10.0 Å². The van der Waals surface area contributed by atoms with E-state index in [0.29, 0.717) is 74.8 Å². The minimum atomic E-state index is -0.899. The molecule has 1 fully saturated rings. The molecule has 2 aromatic carbocycles. The van der Waals surface area contributed by atoms with Crippen LogP contribution in [0.15, 0.2) is 36.5 Å². The van der Waals surface area contributed by atoms with Crippen molar-refractivity contribution in [2.24, 2.45) is 11.8 Å². The van der Waals surface area contributed by atoms with Gasteiger partial charge in [0, 0.05) is 13.1 Å². The van der Waals surface area contributed by atoms with Gasteiger partial charge in [0.15, 0.2) is 17.3 Å². The van der Waals surface area contributed by atoms with Gasteiger partial charge >= 0.3 is 0 Å². The Balaban J connectivity index is 1.51. The van der Waals surface area contributed by atoms with Gasteiger partial charge in [0.1, 0.15) is 17.1 Å². The van der Waals surface area contributed by atoms with Gasteiger partial charge in [-0.25, -0.2) is 18.7 Å². The molecule has 1 aliphatic rings. The summed E-state index contributed by atoms with van der Waals surface area (Å²) < 4.78 is 34.8. The lowest BCUT2D eigenvalue weighted by Crippen LogP contribution is -2.32. The molecule has 39 heavy (non-hydrogen) atoms. The second-order valence-corrected chi connectivity index (χ2v) is 11.0. The Labute approximate surface area is 235 Å². The number of nitrogens with zero attached hydrogens (tertiary/aromatic N) is 4. The lowest BCUT2D eigenvalue weighted by molar-refractivity contribution is 0.271. The van der Waals surface area contributed by atoms with Gasteiger partial charge in [-0.05, 0) is 67.6 Å². The number of halogens is 4. The highest BCUT2D eigenvalue weighted by molar-refractivity contribution is 6.39. The summed E-state index contributed by atoms with van der Waals surface area (Å²) in [6, 6.07) is 7.29. The number of nitrogens with one attached hydrogen (secondary N) is 2. The van der Waals surface area contributed by atoms with Crippen molar-refractivity contribution >= 4 is 40.3 Å². The van der Waals surface area contributed by atoms with Crippen LogP contribution in [0.5, 0.6) is 5.75 Å². The fourth-order valence-electron chi connectivity index (χ4n) is 4.65. The standard InChI is InChI=1S/C28H30Cl2F2N6O/c1-16(2)15-39-19-9-20(29)25(21(30)10-19)27-36-24-13-35-28(34-12-17-5-6-22(31)23(32)8-17)37-26(24)38(27)14-18-4-3-7-33-11-18/h5-6,8-10,13,16,18,33H,3-4,7,11-12,14-15H2,1-2H3,(H,34,35,37)/t18-/m1/s1. The molecule has 1 aliphatic heterocycles. The summed E-state index contributed by atoms with van der Waals surface area (Å²) in [6.45, 7) is 7.47. The highest BCUT2D eigenvalue weighted by atomic mass is 35.5. The first-order chi connectivity index (χ1) is 18.8. The number of hydrogen-bond donors (Lipinski definition) is 2. The minimum Gasteiger partial charge on any atom is -0.493 e. The highest BCUT2D eigenvalue weighted by Crippen LogP contribution is 2.39. The third kappa shape index (κ3) is 6.42. The number of ether oxygens (including phenoxy) is 1. The highest BCUT2D eigenvalue weighted by Gasteiger charge is 2.24.